The van der Waals surface area contributed by atoms with E-state index in [1.807, 2.05) is 149 Å². The number of halogens is 1. The van der Waals surface area contributed by atoms with Gasteiger partial charge in [0, 0.05) is 139 Å². The maximum Gasteiger partial charge on any atom is 0.256 e. The fourth-order valence-electron chi connectivity index (χ4n) is 23.2. The molecule has 5 amide bonds. The van der Waals surface area contributed by atoms with E-state index in [2.05, 4.69) is 74.3 Å². The van der Waals surface area contributed by atoms with Gasteiger partial charge < -0.3 is 61.5 Å². The highest BCUT2D eigenvalue weighted by Gasteiger charge is 2.39. The minimum Gasteiger partial charge on any atom is -0.497 e. The molecule has 5 unspecified atom stereocenters. The van der Waals surface area contributed by atoms with E-state index in [-0.39, 0.29) is 93.4 Å². The number of methoxy groups -OCH3 is 3. The number of nitrogens with zero attached hydrogens (tertiary/aromatic N) is 11. The van der Waals surface area contributed by atoms with Crippen LogP contribution in [0, 0.1) is 5.82 Å². The Bertz CT molecular complexity index is 7090. The van der Waals surface area contributed by atoms with E-state index in [1.165, 1.54) is 50.6 Å². The highest BCUT2D eigenvalue weighted by atomic mass is 19.1. The molecule has 5 atom stereocenters. The van der Waals surface area contributed by atoms with E-state index >= 15 is 0 Å². The zero-order chi connectivity index (χ0) is 105. The van der Waals surface area contributed by atoms with Crippen molar-refractivity contribution in [1.29, 1.82) is 0 Å². The summed E-state index contributed by atoms with van der Waals surface area (Å²) in [5, 5.41) is 0. The first-order valence-corrected chi connectivity index (χ1v) is 51.0. The maximum absolute atomic E-state index is 13.9. The molecule has 0 saturated carbocycles. The Balaban J connectivity index is 0.000000131. The third-order valence-electron chi connectivity index (χ3n) is 30.6. The van der Waals surface area contributed by atoms with Crippen molar-refractivity contribution in [1.82, 2.24) is 52.3 Å². The van der Waals surface area contributed by atoms with Crippen LogP contribution in [0.4, 0.5) is 4.39 Å². The topological polar surface area (TPSA) is 252 Å². The highest BCUT2D eigenvalue weighted by molar-refractivity contribution is 6.02. The quantitative estimate of drug-likeness (QED) is 0.0540. The average molecular weight is 1980 g/mol. The summed E-state index contributed by atoms with van der Waals surface area (Å²) >= 11 is 0. The van der Waals surface area contributed by atoms with Crippen LogP contribution in [-0.4, -0.2) is 138 Å². The summed E-state index contributed by atoms with van der Waals surface area (Å²) in [7, 11) is 14.3. The van der Waals surface area contributed by atoms with E-state index in [0.29, 0.717) is 120 Å². The van der Waals surface area contributed by atoms with Crippen LogP contribution in [0.25, 0.3) is 30.4 Å². The van der Waals surface area contributed by atoms with Crippen molar-refractivity contribution in [3.63, 3.8) is 0 Å². The average Bonchev–Trinajstić information content (AvgIpc) is 1.68. The molecule has 24 nitrogen and oxygen atoms in total. The molecule has 0 spiro atoms. The summed E-state index contributed by atoms with van der Waals surface area (Å²) in [4.78, 5) is 145. The number of aryl methyl sites for hydroxylation is 5. The number of rotatable bonds is 23. The lowest BCUT2D eigenvalue weighted by Gasteiger charge is -2.34. The van der Waals surface area contributed by atoms with E-state index in [4.69, 9.17) is 14.2 Å². The molecule has 6 heterocycles. The van der Waals surface area contributed by atoms with E-state index in [0.717, 1.165) is 180 Å². The second-order valence-electron chi connectivity index (χ2n) is 40.5. The van der Waals surface area contributed by atoms with Gasteiger partial charge in [0.1, 0.15) is 23.1 Å². The van der Waals surface area contributed by atoms with E-state index < -0.39 is 0 Å². The zero-order valence-corrected chi connectivity index (χ0v) is 87.0. The van der Waals surface area contributed by atoms with Crippen LogP contribution in [0.5, 0.6) is 17.2 Å². The normalized spacial score (nSPS) is 17.2. The lowest BCUT2D eigenvalue weighted by atomic mass is 9.86. The van der Waals surface area contributed by atoms with Crippen molar-refractivity contribution in [2.45, 2.75) is 226 Å². The van der Waals surface area contributed by atoms with Crippen LogP contribution in [0.3, 0.4) is 0 Å². The third kappa shape index (κ3) is 21.4. The predicted molar refractivity (Wildman–Crippen MR) is 580 cm³/mol. The lowest BCUT2D eigenvalue weighted by Crippen LogP contribution is -2.35. The lowest BCUT2D eigenvalue weighted by molar-refractivity contribution is 0.0706. The van der Waals surface area contributed by atoms with Gasteiger partial charge in [-0.3, -0.25) is 52.9 Å². The zero-order valence-electron chi connectivity index (χ0n) is 87.0. The summed E-state index contributed by atoms with van der Waals surface area (Å²) in [5.41, 5.74) is 27.1. The Morgan fingerprint density at radius 1 is 0.333 bits per heavy atom. The Labute approximate surface area is 859 Å². The summed E-state index contributed by atoms with van der Waals surface area (Å²) in [6.07, 6.45) is 47.8. The van der Waals surface area contributed by atoms with Gasteiger partial charge >= 0.3 is 0 Å². The Kier molecular flexibility index (Phi) is 32.2. The molecule has 10 aliphatic rings. The van der Waals surface area contributed by atoms with E-state index in [1.54, 1.807) is 130 Å². The number of hydrogen-bond acceptors (Lipinski definition) is 14. The van der Waals surface area contributed by atoms with Gasteiger partial charge in [-0.2, -0.15) is 0 Å². The minimum absolute atomic E-state index is 0.00840. The molecule has 0 fully saturated rings. The van der Waals surface area contributed by atoms with Gasteiger partial charge in [0.15, 0.2) is 0 Å². The second-order valence-corrected chi connectivity index (χ2v) is 40.5. The number of amides is 5. The molecule has 20 rings (SSSR count). The minimum atomic E-state index is -0.282. The molecule has 0 aliphatic heterocycles. The predicted octanol–water partition coefficient (Wildman–Crippen LogP) is 20.3. The number of carbonyl (C=O) groups is 5. The first-order valence-electron chi connectivity index (χ1n) is 51.0. The van der Waals surface area contributed by atoms with E-state index in [9.17, 15) is 52.3 Å². The molecule has 25 heteroatoms. The smallest absolute Gasteiger partial charge is 0.256 e. The molecular formula is C122H134FN11O13. The molecule has 0 bridgehead atoms. The molecule has 4 aromatic carbocycles. The Morgan fingerprint density at radius 3 is 0.823 bits per heavy atom. The first kappa shape index (κ1) is 105. The van der Waals surface area contributed by atoms with Gasteiger partial charge in [-0.15, -0.1) is 32.9 Å². The summed E-state index contributed by atoms with van der Waals surface area (Å²) < 4.78 is 38.0. The number of benzene rings is 4. The highest BCUT2D eigenvalue weighted by Crippen LogP contribution is 2.44. The standard InChI is InChI=1S/3C25H28N2O3.C24H25FN2O2.C23H25N3O2/c3*1-5-11-27-15-22(20-12-16(2)13-21(20)25(27)29)24(28)26(3)23-8-6-7-17-14-18(30-4)9-10-19(17)23;1-4-10-27-14-21(19-11-15(2)12-20(19)24(27)29)23(28)26(3)22-7-5-6-16-8-9-17(25)13-18(16)22;1-4-10-26-14-20(18-11-15(2)12-19(18)23(26)28)22(27)25(3)21-7-5-6-16-13-24-9-8-17(16)21/h3*5,9-10,12,14-15,23H,1,6-8,11,13H2,2-4H3;4,8-9,11,13-14,22H,1,5-7,10,12H2,2-3H3;4,8-9,11,13-14,21H,1,5-7,10,12H2,2-3H3. The third-order valence-corrected chi connectivity index (χ3v) is 30.6. The molecule has 0 saturated heterocycles. The SMILES string of the molecule is C=CCn1cc(C(=O)N(C)C2CCCc3cc(OC)ccc32)c2c(c1=O)CC(C)=C2.C=CCn1cc(C(=O)N(C)C2CCCc3cc(OC)ccc32)c2c(c1=O)CC(C)=C2.C=CCn1cc(C(=O)N(C)C2CCCc3cc(OC)ccc32)c2c(c1=O)CC(C)=C2.C=CCn1cc(C(=O)N(C)C2CCCc3ccc(F)cc32)c2c(c1=O)CC(C)=C2.C=CCn1cc(C(=O)N(C)C2CCCc3cnccc32)c2c(c1=O)CC(C)=C2. The molecule has 762 valence electrons. The van der Waals surface area contributed by atoms with Gasteiger partial charge in [-0.1, -0.05) is 113 Å². The van der Waals surface area contributed by atoms with Crippen LogP contribution in [0.15, 0.2) is 237 Å². The Morgan fingerprint density at radius 2 is 0.571 bits per heavy atom. The second kappa shape index (κ2) is 45.2. The summed E-state index contributed by atoms with van der Waals surface area (Å²) in [6.45, 7) is 30.6. The number of allylic oxidation sites excluding steroid dienone is 10. The molecular weight excluding hydrogens is 1850 g/mol. The number of ether oxygens (including phenoxy) is 3. The molecule has 6 aromatic heterocycles. The number of carbonyl (C=O) groups excluding carboxylic acids is 5. The summed E-state index contributed by atoms with van der Waals surface area (Å²) in [6, 6.07) is 25.1. The first-order chi connectivity index (χ1) is 70.7. The molecule has 0 radical (unpaired) electrons. The largest absolute Gasteiger partial charge is 0.497 e. The van der Waals surface area contributed by atoms with Crippen molar-refractivity contribution in [3.8, 4) is 17.2 Å². The fraction of sp³-hybridized carbons (Fsp3) is 0.352. The number of hydrogen-bond donors (Lipinski definition) is 0. The van der Waals surface area contributed by atoms with Crippen molar-refractivity contribution in [3.05, 3.63) is 410 Å². The van der Waals surface area contributed by atoms with Crippen molar-refractivity contribution in [2.75, 3.05) is 56.6 Å². The van der Waals surface area contributed by atoms with Crippen LogP contribution >= 0.6 is 0 Å². The van der Waals surface area contributed by atoms with Crippen LogP contribution in [0.2, 0.25) is 0 Å². The summed E-state index contributed by atoms with van der Waals surface area (Å²) in [5.74, 6) is 1.91. The van der Waals surface area contributed by atoms with Crippen LogP contribution in [-0.2, 0) is 96.9 Å². The van der Waals surface area contributed by atoms with Crippen LogP contribution in [0.1, 0.15) is 292 Å². The molecule has 10 aliphatic carbocycles. The van der Waals surface area contributed by atoms with Gasteiger partial charge in [-0.25, -0.2) is 4.39 Å². The van der Waals surface area contributed by atoms with Gasteiger partial charge in [-0.05, 0) is 301 Å². The monoisotopic (exact) mass is 1980 g/mol. The van der Waals surface area contributed by atoms with Crippen molar-refractivity contribution < 1.29 is 42.6 Å². The van der Waals surface area contributed by atoms with Gasteiger partial charge in [0.05, 0.1) is 79.4 Å². The van der Waals surface area contributed by atoms with Crippen molar-refractivity contribution in [2.24, 2.45) is 0 Å². The molecule has 0 N–H and O–H groups in total. The van der Waals surface area contributed by atoms with Gasteiger partial charge in [0.25, 0.3) is 57.3 Å². The maximum atomic E-state index is 13.9. The van der Waals surface area contributed by atoms with Crippen molar-refractivity contribution >= 4 is 59.9 Å². The van der Waals surface area contributed by atoms with Gasteiger partial charge in [0.2, 0.25) is 0 Å². The molecule has 10 aromatic rings. The molecule has 147 heavy (non-hydrogen) atoms. The number of pyridine rings is 6. The number of aromatic nitrogens is 6. The Hall–Kier alpha value is -15.1. The van der Waals surface area contributed by atoms with Crippen LogP contribution < -0.4 is 42.0 Å². The fourth-order valence-corrected chi connectivity index (χ4v) is 23.2. The number of fused-ring (bicyclic) bond motifs is 10.